The molecule has 4 heteroatoms. The number of nitrogens with zero attached hydrogens (tertiary/aromatic N) is 2. The number of pyridine rings is 1. The molecule has 1 atom stereocenters. The van der Waals surface area contributed by atoms with E-state index in [9.17, 15) is 0 Å². The summed E-state index contributed by atoms with van der Waals surface area (Å²) in [5, 5.41) is 4.31. The van der Waals surface area contributed by atoms with Crippen LogP contribution in [0.5, 0.6) is 0 Å². The minimum Gasteiger partial charge on any atom is -0.271 e. The van der Waals surface area contributed by atoms with Crippen molar-refractivity contribution in [3.63, 3.8) is 0 Å². The molecule has 0 spiro atoms. The summed E-state index contributed by atoms with van der Waals surface area (Å²) in [4.78, 5) is 0. The summed E-state index contributed by atoms with van der Waals surface area (Å²) in [5.74, 6) is 5.63. The second kappa shape index (κ2) is 5.12. The van der Waals surface area contributed by atoms with E-state index in [1.54, 1.807) is 0 Å². The van der Waals surface area contributed by atoms with Gasteiger partial charge in [-0.25, -0.2) is 4.52 Å². The second-order valence-corrected chi connectivity index (χ2v) is 4.16. The summed E-state index contributed by atoms with van der Waals surface area (Å²) in [6.07, 6.45) is 5.60. The topological polar surface area (TPSA) is 55.3 Å². The Balaban J connectivity index is 2.33. The predicted molar refractivity (Wildman–Crippen MR) is 69.3 cm³/mol. The van der Waals surface area contributed by atoms with E-state index in [0.29, 0.717) is 0 Å². The maximum atomic E-state index is 5.63. The Labute approximate surface area is 101 Å². The second-order valence-electron chi connectivity index (χ2n) is 4.16. The minimum absolute atomic E-state index is 0.0716. The molecule has 2 aromatic heterocycles. The van der Waals surface area contributed by atoms with Crippen LogP contribution < -0.4 is 11.3 Å². The van der Waals surface area contributed by atoms with Crippen molar-refractivity contribution >= 4 is 5.52 Å². The summed E-state index contributed by atoms with van der Waals surface area (Å²) < 4.78 is 1.86. The number of hydrogen-bond acceptors (Lipinski definition) is 3. The highest BCUT2D eigenvalue weighted by atomic mass is 15.3. The Morgan fingerprint density at radius 1 is 1.59 bits per heavy atom. The number of nitrogens with one attached hydrogen (secondary N) is 1. The molecule has 0 saturated heterocycles. The van der Waals surface area contributed by atoms with Crippen molar-refractivity contribution in [3.05, 3.63) is 48.3 Å². The van der Waals surface area contributed by atoms with Crippen molar-refractivity contribution in [2.75, 3.05) is 0 Å². The van der Waals surface area contributed by atoms with Crippen LogP contribution in [0.4, 0.5) is 0 Å². The average Bonchev–Trinajstić information content (AvgIpc) is 2.79. The summed E-state index contributed by atoms with van der Waals surface area (Å²) in [5.41, 5.74) is 6.23. The zero-order valence-corrected chi connectivity index (χ0v) is 10.1. The Morgan fingerprint density at radius 2 is 2.41 bits per heavy atom. The van der Waals surface area contributed by atoms with Crippen LogP contribution >= 0.6 is 0 Å². The standard InChI is InChI=1S/C13H18N4/c1-3-10(2)8-12(16-14)11-9-15-17-7-5-4-6-13(11)17/h4-7,9,12,16H,2-3,8,14H2,1H3. The van der Waals surface area contributed by atoms with Gasteiger partial charge in [-0.1, -0.05) is 25.1 Å². The predicted octanol–water partition coefficient (Wildman–Crippen LogP) is 2.20. The van der Waals surface area contributed by atoms with Gasteiger partial charge in [0.2, 0.25) is 0 Å². The molecule has 1 unspecified atom stereocenters. The van der Waals surface area contributed by atoms with Gasteiger partial charge in [-0.2, -0.15) is 5.10 Å². The molecule has 0 aliphatic heterocycles. The van der Waals surface area contributed by atoms with Crippen molar-refractivity contribution < 1.29 is 0 Å². The van der Waals surface area contributed by atoms with Crippen LogP contribution in [0.2, 0.25) is 0 Å². The highest BCUT2D eigenvalue weighted by molar-refractivity contribution is 5.55. The van der Waals surface area contributed by atoms with Crippen molar-refractivity contribution in [2.24, 2.45) is 5.84 Å². The molecule has 0 amide bonds. The van der Waals surface area contributed by atoms with E-state index in [-0.39, 0.29) is 6.04 Å². The van der Waals surface area contributed by atoms with Crippen molar-refractivity contribution in [1.29, 1.82) is 0 Å². The first-order chi connectivity index (χ1) is 8.26. The van der Waals surface area contributed by atoms with Gasteiger partial charge in [0.15, 0.2) is 0 Å². The van der Waals surface area contributed by atoms with Gasteiger partial charge in [0.25, 0.3) is 0 Å². The van der Waals surface area contributed by atoms with Gasteiger partial charge in [-0.15, -0.1) is 0 Å². The highest BCUT2D eigenvalue weighted by Crippen LogP contribution is 2.24. The first kappa shape index (κ1) is 11.8. The molecule has 3 N–H and O–H groups in total. The van der Waals surface area contributed by atoms with Gasteiger partial charge >= 0.3 is 0 Å². The lowest BCUT2D eigenvalue weighted by Gasteiger charge is -2.15. The van der Waals surface area contributed by atoms with E-state index >= 15 is 0 Å². The van der Waals surface area contributed by atoms with E-state index in [1.807, 2.05) is 35.1 Å². The van der Waals surface area contributed by atoms with Crippen LogP contribution in [0.3, 0.4) is 0 Å². The molecule has 0 aliphatic rings. The largest absolute Gasteiger partial charge is 0.271 e. The zero-order chi connectivity index (χ0) is 12.3. The number of rotatable bonds is 5. The lowest BCUT2D eigenvalue weighted by molar-refractivity contribution is 0.548. The Bertz CT molecular complexity index is 515. The van der Waals surface area contributed by atoms with Gasteiger partial charge in [0, 0.05) is 11.8 Å². The fraction of sp³-hybridized carbons (Fsp3) is 0.308. The molecule has 0 radical (unpaired) electrons. The fourth-order valence-corrected chi connectivity index (χ4v) is 1.91. The van der Waals surface area contributed by atoms with Crippen molar-refractivity contribution in [3.8, 4) is 0 Å². The number of hydrazine groups is 1. The van der Waals surface area contributed by atoms with E-state index in [1.165, 1.54) is 5.57 Å². The molecule has 4 nitrogen and oxygen atoms in total. The van der Waals surface area contributed by atoms with Crippen LogP contribution in [-0.2, 0) is 0 Å². The number of fused-ring (bicyclic) bond motifs is 1. The molecule has 17 heavy (non-hydrogen) atoms. The SMILES string of the molecule is C=C(CC)CC(NN)c1cnn2ccccc12. The molecule has 0 aliphatic carbocycles. The molecular weight excluding hydrogens is 212 g/mol. The number of nitrogens with two attached hydrogens (primary N) is 1. The lowest BCUT2D eigenvalue weighted by atomic mass is 10.0. The lowest BCUT2D eigenvalue weighted by Crippen LogP contribution is -2.28. The van der Waals surface area contributed by atoms with E-state index in [0.717, 1.165) is 23.9 Å². The smallest absolute Gasteiger partial charge is 0.0710 e. The molecule has 2 rings (SSSR count). The Kier molecular flexibility index (Phi) is 3.56. The number of hydrogen-bond donors (Lipinski definition) is 2. The van der Waals surface area contributed by atoms with Gasteiger partial charge in [-0.3, -0.25) is 11.3 Å². The van der Waals surface area contributed by atoms with E-state index < -0.39 is 0 Å². The van der Waals surface area contributed by atoms with Crippen LogP contribution in [0, 0.1) is 0 Å². The van der Waals surface area contributed by atoms with E-state index in [4.69, 9.17) is 5.84 Å². The van der Waals surface area contributed by atoms with Gasteiger partial charge in [0.05, 0.1) is 17.8 Å². The zero-order valence-electron chi connectivity index (χ0n) is 10.1. The summed E-state index contributed by atoms with van der Waals surface area (Å²) >= 11 is 0. The minimum atomic E-state index is 0.0716. The molecule has 0 fully saturated rings. The van der Waals surface area contributed by atoms with Crippen molar-refractivity contribution in [1.82, 2.24) is 15.0 Å². The Hall–Kier alpha value is -1.65. The normalized spacial score (nSPS) is 12.8. The maximum Gasteiger partial charge on any atom is 0.0710 e. The van der Waals surface area contributed by atoms with Crippen LogP contribution in [0.15, 0.2) is 42.7 Å². The molecule has 0 bridgehead atoms. The summed E-state index contributed by atoms with van der Waals surface area (Å²) in [7, 11) is 0. The monoisotopic (exact) mass is 230 g/mol. The van der Waals surface area contributed by atoms with Crippen LogP contribution in [0.25, 0.3) is 5.52 Å². The van der Waals surface area contributed by atoms with Gasteiger partial charge < -0.3 is 0 Å². The fourth-order valence-electron chi connectivity index (χ4n) is 1.91. The maximum absolute atomic E-state index is 5.63. The summed E-state index contributed by atoms with van der Waals surface area (Å²) in [6.45, 7) is 6.13. The average molecular weight is 230 g/mol. The quantitative estimate of drug-likeness (QED) is 0.470. The third-order valence-electron chi connectivity index (χ3n) is 3.03. The summed E-state index contributed by atoms with van der Waals surface area (Å²) in [6, 6.07) is 6.08. The van der Waals surface area contributed by atoms with Gasteiger partial charge in [-0.05, 0) is 25.0 Å². The van der Waals surface area contributed by atoms with Crippen LogP contribution in [0.1, 0.15) is 31.4 Å². The molecule has 90 valence electrons. The molecular formula is C13H18N4. The third-order valence-corrected chi connectivity index (χ3v) is 3.03. The molecule has 0 saturated carbocycles. The first-order valence-electron chi connectivity index (χ1n) is 5.81. The van der Waals surface area contributed by atoms with Crippen molar-refractivity contribution in [2.45, 2.75) is 25.8 Å². The third kappa shape index (κ3) is 2.38. The van der Waals surface area contributed by atoms with Gasteiger partial charge in [0.1, 0.15) is 0 Å². The molecule has 0 aromatic carbocycles. The number of aromatic nitrogens is 2. The molecule has 2 heterocycles. The molecule has 2 aromatic rings. The first-order valence-corrected chi connectivity index (χ1v) is 5.81. The van der Waals surface area contributed by atoms with E-state index in [2.05, 4.69) is 24.0 Å². The Morgan fingerprint density at radius 3 is 3.12 bits per heavy atom. The van der Waals surface area contributed by atoms with Crippen LogP contribution in [-0.4, -0.2) is 9.61 Å². The highest BCUT2D eigenvalue weighted by Gasteiger charge is 2.15.